The number of carbonyl (C=O) groups excluding carboxylic acids is 1. The van der Waals surface area contributed by atoms with Gasteiger partial charge in [0, 0.05) is 32.7 Å². The van der Waals surface area contributed by atoms with Crippen molar-refractivity contribution in [3.05, 3.63) is 48.0 Å². The molecule has 2 aromatic carbocycles. The number of amides is 1. The SMILES string of the molecule is CN1C(=O)[C@@H]2CCC[C@H]1CN(CCc1cccc3ccccc13)C2. The second-order valence-corrected chi connectivity index (χ2v) is 7.38. The van der Waals surface area contributed by atoms with Gasteiger partial charge in [-0.3, -0.25) is 4.79 Å². The average Bonchev–Trinajstić information content (AvgIpc) is 2.78. The van der Waals surface area contributed by atoms with Crippen LogP contribution in [0.15, 0.2) is 42.5 Å². The molecule has 0 aliphatic carbocycles. The Morgan fingerprint density at radius 1 is 1.04 bits per heavy atom. The van der Waals surface area contributed by atoms with Crippen molar-refractivity contribution in [2.75, 3.05) is 26.7 Å². The molecule has 2 saturated heterocycles. The molecule has 2 aliphatic heterocycles. The fraction of sp³-hybridized carbons (Fsp3) is 0.476. The van der Waals surface area contributed by atoms with E-state index >= 15 is 0 Å². The van der Waals surface area contributed by atoms with Gasteiger partial charge in [0.2, 0.25) is 5.91 Å². The Hall–Kier alpha value is -1.87. The van der Waals surface area contributed by atoms with Crippen molar-refractivity contribution in [3.8, 4) is 0 Å². The van der Waals surface area contributed by atoms with E-state index in [0.717, 1.165) is 38.9 Å². The van der Waals surface area contributed by atoms with Gasteiger partial charge >= 0.3 is 0 Å². The van der Waals surface area contributed by atoms with Crippen LogP contribution in [0.1, 0.15) is 24.8 Å². The van der Waals surface area contributed by atoms with Crippen LogP contribution in [-0.2, 0) is 11.2 Å². The van der Waals surface area contributed by atoms with Gasteiger partial charge in [0.1, 0.15) is 0 Å². The quantitative estimate of drug-likeness (QED) is 0.865. The predicted molar refractivity (Wildman–Crippen MR) is 98.0 cm³/mol. The summed E-state index contributed by atoms with van der Waals surface area (Å²) in [6.45, 7) is 3.01. The van der Waals surface area contributed by atoms with E-state index < -0.39 is 0 Å². The third-order valence-corrected chi connectivity index (χ3v) is 5.86. The second kappa shape index (κ2) is 6.56. The van der Waals surface area contributed by atoms with Crippen LogP contribution in [0.25, 0.3) is 10.8 Å². The number of hydrogen-bond donors (Lipinski definition) is 0. The summed E-state index contributed by atoms with van der Waals surface area (Å²) in [5.41, 5.74) is 1.42. The molecule has 2 bridgehead atoms. The van der Waals surface area contributed by atoms with Gasteiger partial charge in [-0.15, -0.1) is 0 Å². The fourth-order valence-corrected chi connectivity index (χ4v) is 4.42. The first-order valence-electron chi connectivity index (χ1n) is 9.18. The van der Waals surface area contributed by atoms with Gasteiger partial charge in [-0.1, -0.05) is 48.9 Å². The number of likely N-dealkylation sites (tertiary alicyclic amines) is 1. The summed E-state index contributed by atoms with van der Waals surface area (Å²) in [4.78, 5) is 17.1. The second-order valence-electron chi connectivity index (χ2n) is 7.38. The Labute approximate surface area is 144 Å². The Morgan fingerprint density at radius 3 is 2.79 bits per heavy atom. The first-order chi connectivity index (χ1) is 11.7. The van der Waals surface area contributed by atoms with Crippen molar-refractivity contribution in [2.24, 2.45) is 5.92 Å². The number of benzene rings is 2. The van der Waals surface area contributed by atoms with E-state index in [1.807, 2.05) is 11.9 Å². The molecule has 3 nitrogen and oxygen atoms in total. The summed E-state index contributed by atoms with van der Waals surface area (Å²) in [6, 6.07) is 15.6. The zero-order valence-corrected chi connectivity index (χ0v) is 14.4. The third kappa shape index (κ3) is 2.93. The van der Waals surface area contributed by atoms with Crippen molar-refractivity contribution < 1.29 is 4.79 Å². The highest BCUT2D eigenvalue weighted by Crippen LogP contribution is 2.27. The Bertz CT molecular complexity index is 736. The first kappa shape index (κ1) is 15.6. The highest BCUT2D eigenvalue weighted by Gasteiger charge is 2.36. The molecular weight excluding hydrogens is 296 g/mol. The van der Waals surface area contributed by atoms with Crippen molar-refractivity contribution in [2.45, 2.75) is 31.7 Å². The molecule has 0 radical (unpaired) electrons. The highest BCUT2D eigenvalue weighted by molar-refractivity contribution is 5.85. The monoisotopic (exact) mass is 322 g/mol. The smallest absolute Gasteiger partial charge is 0.227 e. The third-order valence-electron chi connectivity index (χ3n) is 5.86. The summed E-state index contributed by atoms with van der Waals surface area (Å²) in [6.07, 6.45) is 4.47. The van der Waals surface area contributed by atoms with Crippen molar-refractivity contribution in [1.29, 1.82) is 0 Å². The van der Waals surface area contributed by atoms with Gasteiger partial charge < -0.3 is 9.80 Å². The predicted octanol–water partition coefficient (Wildman–Crippen LogP) is 3.33. The van der Waals surface area contributed by atoms with Gasteiger partial charge in [-0.05, 0) is 35.6 Å². The molecule has 3 heteroatoms. The molecule has 2 atom stereocenters. The highest BCUT2D eigenvalue weighted by atomic mass is 16.2. The van der Waals surface area contributed by atoms with E-state index in [4.69, 9.17) is 0 Å². The van der Waals surface area contributed by atoms with Gasteiger partial charge in [-0.2, -0.15) is 0 Å². The molecule has 24 heavy (non-hydrogen) atoms. The van der Waals surface area contributed by atoms with Crippen molar-refractivity contribution in [1.82, 2.24) is 9.80 Å². The summed E-state index contributed by atoms with van der Waals surface area (Å²) in [7, 11) is 2.00. The van der Waals surface area contributed by atoms with E-state index in [-0.39, 0.29) is 5.92 Å². The van der Waals surface area contributed by atoms with Gasteiger partial charge in [-0.25, -0.2) is 0 Å². The van der Waals surface area contributed by atoms with Crippen LogP contribution in [0.5, 0.6) is 0 Å². The van der Waals surface area contributed by atoms with Gasteiger partial charge in [0.15, 0.2) is 0 Å². The lowest BCUT2D eigenvalue weighted by atomic mass is 9.98. The lowest BCUT2D eigenvalue weighted by Gasteiger charge is -2.29. The average molecular weight is 322 g/mol. The Balaban J connectivity index is 1.50. The molecule has 0 unspecified atom stereocenters. The first-order valence-corrected chi connectivity index (χ1v) is 9.18. The number of nitrogens with zero attached hydrogens (tertiary/aromatic N) is 2. The van der Waals surface area contributed by atoms with Gasteiger partial charge in [0.05, 0.1) is 5.92 Å². The lowest BCUT2D eigenvalue weighted by molar-refractivity contribution is -0.134. The minimum atomic E-state index is 0.204. The lowest BCUT2D eigenvalue weighted by Crippen LogP contribution is -2.40. The van der Waals surface area contributed by atoms with Crippen LogP contribution in [-0.4, -0.2) is 48.4 Å². The maximum atomic E-state index is 12.5. The molecule has 0 spiro atoms. The zero-order valence-electron chi connectivity index (χ0n) is 14.4. The van der Waals surface area contributed by atoms with Crippen LogP contribution in [0.2, 0.25) is 0 Å². The number of likely N-dealkylation sites (N-methyl/N-ethyl adjacent to an activating group) is 1. The molecule has 0 saturated carbocycles. The molecule has 2 aliphatic rings. The summed E-state index contributed by atoms with van der Waals surface area (Å²) >= 11 is 0. The Kier molecular flexibility index (Phi) is 4.28. The molecular formula is C21H26N2O. The van der Waals surface area contributed by atoms with E-state index in [9.17, 15) is 4.79 Å². The van der Waals surface area contributed by atoms with Crippen molar-refractivity contribution in [3.63, 3.8) is 0 Å². The van der Waals surface area contributed by atoms with Crippen LogP contribution in [0.3, 0.4) is 0 Å². The molecule has 1 amide bonds. The largest absolute Gasteiger partial charge is 0.341 e. The van der Waals surface area contributed by atoms with Crippen LogP contribution in [0, 0.1) is 5.92 Å². The normalized spacial score (nSPS) is 25.0. The van der Waals surface area contributed by atoms with E-state index in [2.05, 4.69) is 47.4 Å². The Morgan fingerprint density at radius 2 is 1.88 bits per heavy atom. The number of rotatable bonds is 3. The van der Waals surface area contributed by atoms with Gasteiger partial charge in [0.25, 0.3) is 0 Å². The van der Waals surface area contributed by atoms with E-state index in [1.165, 1.54) is 22.8 Å². The molecule has 0 aromatic heterocycles. The molecule has 0 N–H and O–H groups in total. The summed E-state index contributed by atoms with van der Waals surface area (Å²) in [5.74, 6) is 0.570. The topological polar surface area (TPSA) is 23.6 Å². The standard InChI is InChI=1S/C21H26N2O/c1-22-19-10-5-9-18(21(22)24)14-23(15-19)13-12-17-8-4-7-16-6-2-3-11-20(16)17/h2-4,6-8,11,18-19H,5,9-10,12-15H2,1H3/t18-,19+/m1/s1. The molecule has 4 rings (SSSR count). The zero-order chi connectivity index (χ0) is 16.5. The molecule has 2 aromatic rings. The van der Waals surface area contributed by atoms with Crippen molar-refractivity contribution >= 4 is 16.7 Å². The van der Waals surface area contributed by atoms with Crippen LogP contribution < -0.4 is 0 Å². The maximum absolute atomic E-state index is 12.5. The van der Waals surface area contributed by atoms with E-state index in [0.29, 0.717) is 11.9 Å². The number of carbonyl (C=O) groups is 1. The van der Waals surface area contributed by atoms with E-state index in [1.54, 1.807) is 0 Å². The number of fused-ring (bicyclic) bond motifs is 4. The summed E-state index contributed by atoms with van der Waals surface area (Å²) < 4.78 is 0. The fourth-order valence-electron chi connectivity index (χ4n) is 4.42. The van der Waals surface area contributed by atoms with Crippen LogP contribution in [0.4, 0.5) is 0 Å². The molecule has 2 heterocycles. The molecule has 126 valence electrons. The maximum Gasteiger partial charge on any atom is 0.227 e. The minimum absolute atomic E-state index is 0.204. The minimum Gasteiger partial charge on any atom is -0.341 e. The molecule has 2 fully saturated rings. The summed E-state index contributed by atoms with van der Waals surface area (Å²) in [5, 5.41) is 2.68. The van der Waals surface area contributed by atoms with Crippen LogP contribution >= 0.6 is 0 Å². The number of hydrogen-bond acceptors (Lipinski definition) is 2.